The molecule has 2 atom stereocenters. The van der Waals surface area contributed by atoms with E-state index in [9.17, 15) is 22.8 Å². The second-order valence-electron chi connectivity index (χ2n) is 4.96. The largest absolute Gasteiger partial charge is 0.481 e. The van der Waals surface area contributed by atoms with E-state index in [2.05, 4.69) is 10.3 Å². The predicted octanol–water partition coefficient (Wildman–Crippen LogP) is 2.54. The fraction of sp³-hybridized carbons (Fsp3) is 0.462. The van der Waals surface area contributed by atoms with Gasteiger partial charge in [-0.2, -0.15) is 13.2 Å². The number of amides is 1. The molecule has 1 aliphatic rings. The third-order valence-corrected chi connectivity index (χ3v) is 3.47. The molecule has 1 saturated carbocycles. The molecule has 1 aliphatic carbocycles. The Morgan fingerprint density at radius 2 is 1.90 bits per heavy atom. The van der Waals surface area contributed by atoms with E-state index in [4.69, 9.17) is 5.11 Å². The van der Waals surface area contributed by atoms with Crippen molar-refractivity contribution in [2.75, 3.05) is 5.32 Å². The second-order valence-corrected chi connectivity index (χ2v) is 4.96. The topological polar surface area (TPSA) is 79.3 Å². The standard InChI is InChI=1S/C13H13F3N2O3/c14-13(15,16)10-4-3-9(6-17-10)18-11(19)7-1-2-8(5-7)12(20)21/h3-4,6-8H,1-2,5H2,(H,18,19)(H,20,21)/t7-,8+/m1/s1. The molecule has 0 spiro atoms. The van der Waals surface area contributed by atoms with Gasteiger partial charge >= 0.3 is 12.1 Å². The van der Waals surface area contributed by atoms with Crippen molar-refractivity contribution in [1.29, 1.82) is 0 Å². The summed E-state index contributed by atoms with van der Waals surface area (Å²) in [6, 6.07) is 1.90. The lowest BCUT2D eigenvalue weighted by Crippen LogP contribution is -2.22. The van der Waals surface area contributed by atoms with Gasteiger partial charge < -0.3 is 10.4 Å². The van der Waals surface area contributed by atoms with Crippen LogP contribution < -0.4 is 5.32 Å². The highest BCUT2D eigenvalue weighted by Crippen LogP contribution is 2.32. The molecule has 2 rings (SSSR count). The van der Waals surface area contributed by atoms with Crippen LogP contribution in [0.25, 0.3) is 0 Å². The van der Waals surface area contributed by atoms with Crippen LogP contribution in [0.3, 0.4) is 0 Å². The number of carboxylic acid groups (broad SMARTS) is 1. The van der Waals surface area contributed by atoms with Gasteiger partial charge in [0.25, 0.3) is 0 Å². The first-order valence-corrected chi connectivity index (χ1v) is 6.34. The maximum atomic E-state index is 12.3. The van der Waals surface area contributed by atoms with Gasteiger partial charge in [0, 0.05) is 5.92 Å². The molecule has 0 bridgehead atoms. The molecule has 1 heterocycles. The highest BCUT2D eigenvalue weighted by Gasteiger charge is 2.34. The van der Waals surface area contributed by atoms with Gasteiger partial charge in [-0.15, -0.1) is 0 Å². The summed E-state index contributed by atoms with van der Waals surface area (Å²) in [4.78, 5) is 26.0. The minimum absolute atomic E-state index is 0.159. The molecule has 8 heteroatoms. The summed E-state index contributed by atoms with van der Waals surface area (Å²) < 4.78 is 37.0. The Kier molecular flexibility index (Phi) is 4.15. The van der Waals surface area contributed by atoms with E-state index < -0.39 is 29.7 Å². The molecule has 1 aromatic heterocycles. The molecular weight excluding hydrogens is 289 g/mol. The number of nitrogens with zero attached hydrogens (tertiary/aromatic N) is 1. The van der Waals surface area contributed by atoms with Crippen molar-refractivity contribution in [3.8, 4) is 0 Å². The Bertz CT molecular complexity index is 543. The molecule has 0 aromatic carbocycles. The summed E-state index contributed by atoms with van der Waals surface area (Å²) >= 11 is 0. The first kappa shape index (κ1) is 15.3. The Morgan fingerprint density at radius 3 is 2.38 bits per heavy atom. The molecule has 0 unspecified atom stereocenters. The first-order valence-electron chi connectivity index (χ1n) is 6.34. The molecule has 0 saturated heterocycles. The number of carbonyl (C=O) groups is 2. The van der Waals surface area contributed by atoms with Gasteiger partial charge in [-0.05, 0) is 31.4 Å². The minimum Gasteiger partial charge on any atom is -0.481 e. The van der Waals surface area contributed by atoms with E-state index >= 15 is 0 Å². The van der Waals surface area contributed by atoms with Crippen LogP contribution in [0, 0.1) is 11.8 Å². The van der Waals surface area contributed by atoms with Gasteiger partial charge in [-0.25, -0.2) is 4.98 Å². The number of aliphatic carboxylic acids is 1. The van der Waals surface area contributed by atoms with Gasteiger partial charge in [-0.1, -0.05) is 0 Å². The third-order valence-electron chi connectivity index (χ3n) is 3.47. The summed E-state index contributed by atoms with van der Waals surface area (Å²) in [5, 5.41) is 11.3. The van der Waals surface area contributed by atoms with E-state index in [0.29, 0.717) is 12.8 Å². The predicted molar refractivity (Wildman–Crippen MR) is 66.3 cm³/mol. The minimum atomic E-state index is -4.53. The number of rotatable bonds is 3. The number of carbonyl (C=O) groups excluding carboxylic acids is 1. The highest BCUT2D eigenvalue weighted by atomic mass is 19.4. The summed E-state index contributed by atoms with van der Waals surface area (Å²) in [6.45, 7) is 0. The van der Waals surface area contributed by atoms with Crippen molar-refractivity contribution in [3.05, 3.63) is 24.0 Å². The summed E-state index contributed by atoms with van der Waals surface area (Å²) in [6.07, 6.45) is -2.46. The number of aromatic nitrogens is 1. The van der Waals surface area contributed by atoms with Crippen LogP contribution in [0.4, 0.5) is 18.9 Å². The van der Waals surface area contributed by atoms with Crippen LogP contribution in [0.5, 0.6) is 0 Å². The van der Waals surface area contributed by atoms with Crippen molar-refractivity contribution in [2.24, 2.45) is 11.8 Å². The van der Waals surface area contributed by atoms with Gasteiger partial charge in [0.05, 0.1) is 17.8 Å². The lowest BCUT2D eigenvalue weighted by atomic mass is 10.0. The number of nitrogens with one attached hydrogen (secondary N) is 1. The molecule has 1 aromatic rings. The van der Waals surface area contributed by atoms with Crippen molar-refractivity contribution < 1.29 is 27.9 Å². The fourth-order valence-corrected chi connectivity index (χ4v) is 2.32. The summed E-state index contributed by atoms with van der Waals surface area (Å²) in [5.41, 5.74) is -0.876. The SMILES string of the molecule is O=C(O)[C@H]1CC[C@@H](C(=O)Nc2ccc(C(F)(F)F)nc2)C1. The smallest absolute Gasteiger partial charge is 0.433 e. The summed E-state index contributed by atoms with van der Waals surface area (Å²) in [5.74, 6) is -2.29. The Morgan fingerprint density at radius 1 is 1.24 bits per heavy atom. The van der Waals surface area contributed by atoms with Crippen LogP contribution in [0.2, 0.25) is 0 Å². The molecule has 0 radical (unpaired) electrons. The normalized spacial score (nSPS) is 22.0. The number of carboxylic acids is 1. The van der Waals surface area contributed by atoms with Gasteiger partial charge in [0.1, 0.15) is 5.69 Å². The van der Waals surface area contributed by atoms with Crippen LogP contribution in [-0.4, -0.2) is 22.0 Å². The maximum Gasteiger partial charge on any atom is 0.433 e. The molecule has 2 N–H and O–H groups in total. The zero-order valence-corrected chi connectivity index (χ0v) is 10.9. The molecule has 1 amide bonds. The summed E-state index contributed by atoms with van der Waals surface area (Å²) in [7, 11) is 0. The van der Waals surface area contributed by atoms with Crippen molar-refractivity contribution in [2.45, 2.75) is 25.4 Å². The molecule has 1 fully saturated rings. The Balaban J connectivity index is 1.96. The average Bonchev–Trinajstić information content (AvgIpc) is 2.88. The van der Waals surface area contributed by atoms with Crippen LogP contribution >= 0.6 is 0 Å². The second kappa shape index (κ2) is 5.71. The molecule has 114 valence electrons. The van der Waals surface area contributed by atoms with E-state index in [-0.39, 0.29) is 18.0 Å². The highest BCUT2D eigenvalue weighted by molar-refractivity contribution is 5.93. The lowest BCUT2D eigenvalue weighted by Gasteiger charge is -2.11. The fourth-order valence-electron chi connectivity index (χ4n) is 2.32. The van der Waals surface area contributed by atoms with Crippen LogP contribution in [-0.2, 0) is 15.8 Å². The first-order chi connectivity index (χ1) is 9.77. The van der Waals surface area contributed by atoms with E-state index in [1.807, 2.05) is 0 Å². The van der Waals surface area contributed by atoms with Gasteiger partial charge in [0.2, 0.25) is 5.91 Å². The van der Waals surface area contributed by atoms with Crippen molar-refractivity contribution in [1.82, 2.24) is 4.98 Å². The lowest BCUT2D eigenvalue weighted by molar-refractivity contribution is -0.142. The van der Waals surface area contributed by atoms with Crippen LogP contribution in [0.15, 0.2) is 18.3 Å². The van der Waals surface area contributed by atoms with Gasteiger partial charge in [0.15, 0.2) is 0 Å². The Hall–Kier alpha value is -2.12. The number of alkyl halides is 3. The number of hydrogen-bond donors (Lipinski definition) is 2. The number of anilines is 1. The number of pyridine rings is 1. The van der Waals surface area contributed by atoms with Gasteiger partial charge in [-0.3, -0.25) is 9.59 Å². The molecule has 5 nitrogen and oxygen atoms in total. The monoisotopic (exact) mass is 302 g/mol. The van der Waals surface area contributed by atoms with Crippen LogP contribution in [0.1, 0.15) is 25.0 Å². The zero-order chi connectivity index (χ0) is 15.6. The molecule has 21 heavy (non-hydrogen) atoms. The molecular formula is C13H13F3N2O3. The number of halogens is 3. The average molecular weight is 302 g/mol. The Labute approximate surface area is 118 Å². The molecule has 0 aliphatic heterocycles. The van der Waals surface area contributed by atoms with E-state index in [0.717, 1.165) is 18.3 Å². The number of hydrogen-bond acceptors (Lipinski definition) is 3. The van der Waals surface area contributed by atoms with E-state index in [1.54, 1.807) is 0 Å². The maximum absolute atomic E-state index is 12.3. The van der Waals surface area contributed by atoms with E-state index in [1.165, 1.54) is 0 Å². The van der Waals surface area contributed by atoms with Crippen molar-refractivity contribution >= 4 is 17.6 Å². The third kappa shape index (κ3) is 3.71. The van der Waals surface area contributed by atoms with Crippen molar-refractivity contribution in [3.63, 3.8) is 0 Å². The zero-order valence-electron chi connectivity index (χ0n) is 10.9. The quantitative estimate of drug-likeness (QED) is 0.899.